The number of piperazine rings is 1. The molecular weight excluding hydrogens is 236 g/mol. The highest BCUT2D eigenvalue weighted by Crippen LogP contribution is 2.31. The highest BCUT2D eigenvalue weighted by Gasteiger charge is 2.42. The van der Waals surface area contributed by atoms with Crippen molar-refractivity contribution in [2.45, 2.75) is 71.4 Å². The van der Waals surface area contributed by atoms with Gasteiger partial charge in [-0.05, 0) is 25.8 Å². The molecule has 2 saturated heterocycles. The van der Waals surface area contributed by atoms with Gasteiger partial charge in [-0.15, -0.1) is 0 Å². The predicted octanol–water partition coefficient (Wildman–Crippen LogP) is 2.90. The molecule has 0 spiro atoms. The molecule has 0 aromatic rings. The van der Waals surface area contributed by atoms with E-state index in [9.17, 15) is 4.79 Å². The molecule has 0 saturated carbocycles. The lowest BCUT2D eigenvalue weighted by Gasteiger charge is -2.42. The van der Waals surface area contributed by atoms with Crippen LogP contribution in [0.1, 0.15) is 59.3 Å². The second-order valence-corrected chi connectivity index (χ2v) is 6.61. The number of nitrogens with zero attached hydrogens (tertiary/aromatic N) is 2. The number of fused-ring (bicyclic) bond motifs is 2. The van der Waals surface area contributed by atoms with Crippen LogP contribution in [0.25, 0.3) is 0 Å². The summed E-state index contributed by atoms with van der Waals surface area (Å²) in [5, 5.41) is 0. The molecule has 0 aliphatic carbocycles. The summed E-state index contributed by atoms with van der Waals surface area (Å²) in [4.78, 5) is 17.1. The molecule has 0 radical (unpaired) electrons. The summed E-state index contributed by atoms with van der Waals surface area (Å²) in [6.07, 6.45) is 7.78. The molecule has 2 atom stereocenters. The summed E-state index contributed by atoms with van der Waals surface area (Å²) in [5.74, 6) is 0.525. The predicted molar refractivity (Wildman–Crippen MR) is 79.1 cm³/mol. The van der Waals surface area contributed by atoms with E-state index in [0.717, 1.165) is 13.1 Å². The SMILES string of the molecule is CCCCCCN1C[C@H]2CC[C@@H](C1)N2C(=O)C(C)C. The van der Waals surface area contributed by atoms with E-state index in [1.54, 1.807) is 0 Å². The van der Waals surface area contributed by atoms with Gasteiger partial charge >= 0.3 is 0 Å². The number of rotatable bonds is 6. The Morgan fingerprint density at radius 3 is 2.26 bits per heavy atom. The Morgan fingerprint density at radius 2 is 1.74 bits per heavy atom. The van der Waals surface area contributed by atoms with E-state index >= 15 is 0 Å². The van der Waals surface area contributed by atoms with Gasteiger partial charge in [0, 0.05) is 31.1 Å². The van der Waals surface area contributed by atoms with Crippen molar-refractivity contribution >= 4 is 5.91 Å². The minimum atomic E-state index is 0.152. The Hall–Kier alpha value is -0.570. The lowest BCUT2D eigenvalue weighted by atomic mass is 10.1. The molecule has 3 nitrogen and oxygen atoms in total. The van der Waals surface area contributed by atoms with Gasteiger partial charge in [0.25, 0.3) is 0 Å². The van der Waals surface area contributed by atoms with Crippen LogP contribution >= 0.6 is 0 Å². The maximum atomic E-state index is 12.3. The molecule has 0 unspecified atom stereocenters. The molecule has 2 aliphatic rings. The maximum Gasteiger partial charge on any atom is 0.225 e. The second kappa shape index (κ2) is 6.74. The smallest absolute Gasteiger partial charge is 0.225 e. The van der Waals surface area contributed by atoms with Gasteiger partial charge in [0.1, 0.15) is 0 Å². The van der Waals surface area contributed by atoms with E-state index in [2.05, 4.69) is 16.7 Å². The largest absolute Gasteiger partial charge is 0.334 e. The molecule has 2 fully saturated rings. The van der Waals surface area contributed by atoms with E-state index in [4.69, 9.17) is 0 Å². The summed E-state index contributed by atoms with van der Waals surface area (Å²) in [7, 11) is 0. The fourth-order valence-electron chi connectivity index (χ4n) is 3.59. The summed E-state index contributed by atoms with van der Waals surface area (Å²) < 4.78 is 0. The second-order valence-electron chi connectivity index (χ2n) is 6.61. The van der Waals surface area contributed by atoms with Gasteiger partial charge in [0.05, 0.1) is 0 Å². The van der Waals surface area contributed by atoms with Crippen molar-refractivity contribution in [2.75, 3.05) is 19.6 Å². The lowest BCUT2D eigenvalue weighted by Crippen LogP contribution is -2.56. The van der Waals surface area contributed by atoms with Gasteiger partial charge in [-0.3, -0.25) is 9.69 Å². The number of likely N-dealkylation sites (tertiary alicyclic amines) is 1. The third kappa shape index (κ3) is 3.50. The minimum Gasteiger partial charge on any atom is -0.334 e. The van der Waals surface area contributed by atoms with Crippen molar-refractivity contribution in [3.63, 3.8) is 0 Å². The van der Waals surface area contributed by atoms with E-state index in [1.807, 2.05) is 13.8 Å². The Morgan fingerprint density at radius 1 is 1.11 bits per heavy atom. The summed E-state index contributed by atoms with van der Waals surface area (Å²) in [6, 6.07) is 1.000. The van der Waals surface area contributed by atoms with E-state index in [-0.39, 0.29) is 5.92 Å². The van der Waals surface area contributed by atoms with Crippen LogP contribution in [0.3, 0.4) is 0 Å². The van der Waals surface area contributed by atoms with Crippen molar-refractivity contribution < 1.29 is 4.79 Å². The molecule has 110 valence electrons. The third-order valence-electron chi connectivity index (χ3n) is 4.63. The van der Waals surface area contributed by atoms with Crippen LogP contribution in [0.5, 0.6) is 0 Å². The van der Waals surface area contributed by atoms with Gasteiger partial charge in [-0.1, -0.05) is 40.0 Å². The fourth-order valence-corrected chi connectivity index (χ4v) is 3.59. The van der Waals surface area contributed by atoms with Crippen LogP contribution in [0, 0.1) is 5.92 Å². The number of amides is 1. The van der Waals surface area contributed by atoms with Gasteiger partial charge in [-0.25, -0.2) is 0 Å². The normalized spacial score (nSPS) is 27.3. The molecule has 19 heavy (non-hydrogen) atoms. The summed E-state index contributed by atoms with van der Waals surface area (Å²) >= 11 is 0. The molecule has 2 heterocycles. The molecular formula is C16H30N2O. The monoisotopic (exact) mass is 266 g/mol. The Bertz CT molecular complexity index is 289. The molecule has 2 bridgehead atoms. The van der Waals surface area contributed by atoms with Gasteiger partial charge < -0.3 is 4.90 Å². The average Bonchev–Trinajstić information content (AvgIpc) is 2.64. The van der Waals surface area contributed by atoms with E-state index in [1.165, 1.54) is 45.1 Å². The first-order valence-electron chi connectivity index (χ1n) is 8.18. The van der Waals surface area contributed by atoms with Crippen LogP contribution in [0.2, 0.25) is 0 Å². The molecule has 2 aliphatic heterocycles. The van der Waals surface area contributed by atoms with Crippen LogP contribution in [-0.2, 0) is 4.79 Å². The van der Waals surface area contributed by atoms with Crippen LogP contribution < -0.4 is 0 Å². The highest BCUT2D eigenvalue weighted by molar-refractivity contribution is 5.79. The van der Waals surface area contributed by atoms with E-state index < -0.39 is 0 Å². The first-order valence-corrected chi connectivity index (χ1v) is 8.18. The first-order chi connectivity index (χ1) is 9.13. The number of carbonyl (C=O) groups excluding carboxylic acids is 1. The fraction of sp³-hybridized carbons (Fsp3) is 0.938. The quantitative estimate of drug-likeness (QED) is 0.690. The van der Waals surface area contributed by atoms with Crippen molar-refractivity contribution in [1.82, 2.24) is 9.80 Å². The topological polar surface area (TPSA) is 23.6 Å². The number of carbonyl (C=O) groups is 1. The summed E-state index contributed by atoms with van der Waals surface area (Å²) in [5.41, 5.74) is 0. The maximum absolute atomic E-state index is 12.3. The van der Waals surface area contributed by atoms with Gasteiger partial charge in [-0.2, -0.15) is 0 Å². The number of hydrogen-bond acceptors (Lipinski definition) is 2. The first kappa shape index (κ1) is 14.8. The zero-order valence-electron chi connectivity index (χ0n) is 12.9. The lowest BCUT2D eigenvalue weighted by molar-refractivity contribution is -0.140. The minimum absolute atomic E-state index is 0.152. The highest BCUT2D eigenvalue weighted by atomic mass is 16.2. The van der Waals surface area contributed by atoms with Crippen molar-refractivity contribution in [1.29, 1.82) is 0 Å². The molecule has 2 rings (SSSR count). The average molecular weight is 266 g/mol. The van der Waals surface area contributed by atoms with Crippen LogP contribution in [-0.4, -0.2) is 47.4 Å². The molecule has 0 aromatic heterocycles. The molecule has 1 amide bonds. The van der Waals surface area contributed by atoms with Crippen LogP contribution in [0.15, 0.2) is 0 Å². The Kier molecular flexibility index (Phi) is 5.26. The van der Waals surface area contributed by atoms with E-state index in [0.29, 0.717) is 18.0 Å². The Labute approximate surface area is 118 Å². The molecule has 0 aromatic carbocycles. The van der Waals surface area contributed by atoms with Crippen molar-refractivity contribution in [3.8, 4) is 0 Å². The van der Waals surface area contributed by atoms with Gasteiger partial charge in [0.2, 0.25) is 5.91 Å². The standard InChI is InChI=1S/C16H30N2O/c1-4-5-6-7-10-17-11-14-8-9-15(12-17)18(14)16(19)13(2)3/h13-15H,4-12H2,1-3H3/t14-,15+. The summed E-state index contributed by atoms with van der Waals surface area (Å²) in [6.45, 7) is 9.77. The number of unbranched alkanes of at least 4 members (excludes halogenated alkanes) is 3. The molecule has 3 heteroatoms. The third-order valence-corrected chi connectivity index (χ3v) is 4.63. The number of hydrogen-bond donors (Lipinski definition) is 0. The molecule has 0 N–H and O–H groups in total. The van der Waals surface area contributed by atoms with Crippen molar-refractivity contribution in [3.05, 3.63) is 0 Å². The Balaban J connectivity index is 1.82. The van der Waals surface area contributed by atoms with Gasteiger partial charge in [0.15, 0.2) is 0 Å². The van der Waals surface area contributed by atoms with Crippen molar-refractivity contribution in [2.24, 2.45) is 5.92 Å². The zero-order valence-corrected chi connectivity index (χ0v) is 12.9. The zero-order chi connectivity index (χ0) is 13.8. The van der Waals surface area contributed by atoms with Crippen LogP contribution in [0.4, 0.5) is 0 Å².